The van der Waals surface area contributed by atoms with E-state index in [1.807, 2.05) is 6.92 Å². The molecule has 1 saturated carbocycles. The normalized spacial score (nSPS) is 23.9. The van der Waals surface area contributed by atoms with E-state index in [9.17, 15) is 8.78 Å². The Bertz CT molecular complexity index is 995. The number of anilines is 2. The predicted octanol–water partition coefficient (Wildman–Crippen LogP) is 2.86. The molecule has 4 heterocycles. The van der Waals surface area contributed by atoms with Crippen molar-refractivity contribution in [2.24, 2.45) is 11.8 Å². The van der Waals surface area contributed by atoms with E-state index in [-0.39, 0.29) is 11.9 Å². The zero-order valence-electron chi connectivity index (χ0n) is 15.8. The van der Waals surface area contributed by atoms with Crippen LogP contribution < -0.4 is 15.0 Å². The van der Waals surface area contributed by atoms with Gasteiger partial charge in [-0.05, 0) is 49.2 Å². The number of aromatic nitrogens is 5. The molecule has 29 heavy (non-hydrogen) atoms. The van der Waals surface area contributed by atoms with Crippen LogP contribution in [0.15, 0.2) is 18.5 Å². The topological polar surface area (TPSA) is 80.5 Å². The number of alkyl halides is 2. The minimum Gasteiger partial charge on any atom is -0.469 e. The first kappa shape index (κ1) is 18.5. The fourth-order valence-corrected chi connectivity index (χ4v) is 5.16. The molecule has 0 amide bonds. The molecule has 3 atom stereocenters. The number of nitrogens with zero attached hydrogens (tertiary/aromatic N) is 6. The molecule has 1 N–H and O–H groups in total. The molecule has 1 saturated heterocycles. The van der Waals surface area contributed by atoms with Gasteiger partial charge in [0.1, 0.15) is 5.00 Å². The molecule has 2 aliphatic rings. The van der Waals surface area contributed by atoms with E-state index in [0.717, 1.165) is 31.6 Å². The Morgan fingerprint density at radius 1 is 1.31 bits per heavy atom. The van der Waals surface area contributed by atoms with Gasteiger partial charge in [-0.3, -0.25) is 0 Å². The highest BCUT2D eigenvalue weighted by molar-refractivity contribution is 7.10. The lowest BCUT2D eigenvalue weighted by Crippen LogP contribution is -2.48. The number of hydrogen-bond acceptors (Lipinski definition) is 8. The smallest absolute Gasteiger partial charge is 0.272 e. The third kappa shape index (κ3) is 3.59. The van der Waals surface area contributed by atoms with Crippen LogP contribution in [-0.2, 0) is 0 Å². The summed E-state index contributed by atoms with van der Waals surface area (Å²) < 4.78 is 35.9. The summed E-state index contributed by atoms with van der Waals surface area (Å²) in [6, 6.07) is 2.44. The highest BCUT2D eigenvalue weighted by Gasteiger charge is 2.43. The van der Waals surface area contributed by atoms with Crippen molar-refractivity contribution >= 4 is 28.1 Å². The van der Waals surface area contributed by atoms with Gasteiger partial charge < -0.3 is 15.0 Å². The lowest BCUT2D eigenvalue weighted by atomic mass is 9.92. The van der Waals surface area contributed by atoms with Crippen LogP contribution in [0, 0.1) is 18.8 Å². The maximum atomic E-state index is 12.5. The lowest BCUT2D eigenvalue weighted by Gasteiger charge is -2.38. The number of hydrogen-bond donors (Lipinski definition) is 1. The average Bonchev–Trinajstić information content (AvgIpc) is 3.36. The predicted molar refractivity (Wildman–Crippen MR) is 105 cm³/mol. The fourth-order valence-electron chi connectivity index (χ4n) is 4.39. The number of halogens is 2. The second-order valence-electron chi connectivity index (χ2n) is 7.62. The molecule has 1 aliphatic carbocycles. The largest absolute Gasteiger partial charge is 0.469 e. The van der Waals surface area contributed by atoms with Gasteiger partial charge >= 0.3 is 0 Å². The Hall–Kier alpha value is -2.56. The number of piperidine rings is 1. The number of aryl methyl sites for hydroxylation is 1. The van der Waals surface area contributed by atoms with Crippen LogP contribution >= 0.6 is 11.5 Å². The first-order valence-corrected chi connectivity index (χ1v) is 10.4. The summed E-state index contributed by atoms with van der Waals surface area (Å²) in [5, 5.41) is 9.16. The highest BCUT2D eigenvalue weighted by atomic mass is 32.1. The Morgan fingerprint density at radius 2 is 2.10 bits per heavy atom. The average molecular weight is 421 g/mol. The molecule has 0 radical (unpaired) electrons. The molecule has 154 valence electrons. The summed E-state index contributed by atoms with van der Waals surface area (Å²) in [4.78, 5) is 10.9. The van der Waals surface area contributed by atoms with Crippen LogP contribution in [0.3, 0.4) is 0 Å². The summed E-state index contributed by atoms with van der Waals surface area (Å²) in [7, 11) is 0. The maximum absolute atomic E-state index is 12.5. The second kappa shape index (κ2) is 7.36. The van der Waals surface area contributed by atoms with Crippen molar-refractivity contribution in [3.05, 3.63) is 24.2 Å². The Morgan fingerprint density at radius 3 is 2.79 bits per heavy atom. The van der Waals surface area contributed by atoms with Gasteiger partial charge in [-0.25, -0.2) is 18.3 Å². The van der Waals surface area contributed by atoms with Gasteiger partial charge in [-0.1, -0.05) is 0 Å². The molecule has 11 heteroatoms. The summed E-state index contributed by atoms with van der Waals surface area (Å²) in [6.07, 6.45) is 2.85. The van der Waals surface area contributed by atoms with Crippen molar-refractivity contribution in [2.75, 3.05) is 29.9 Å². The van der Waals surface area contributed by atoms with Crippen LogP contribution in [0.2, 0.25) is 0 Å². The Kier molecular flexibility index (Phi) is 4.69. The van der Waals surface area contributed by atoms with Crippen molar-refractivity contribution < 1.29 is 13.5 Å². The van der Waals surface area contributed by atoms with Gasteiger partial charge in [0.05, 0.1) is 5.69 Å². The van der Waals surface area contributed by atoms with Crippen molar-refractivity contribution in [1.29, 1.82) is 0 Å². The minimum absolute atomic E-state index is 0.0618. The molecule has 8 nitrogen and oxygen atoms in total. The molecular formula is C18H21F2N7OS. The third-order valence-corrected chi connectivity index (χ3v) is 6.57. The van der Waals surface area contributed by atoms with E-state index < -0.39 is 13.0 Å². The van der Waals surface area contributed by atoms with Gasteiger partial charge in [-0.2, -0.15) is 9.36 Å². The maximum Gasteiger partial charge on any atom is 0.272 e. The summed E-state index contributed by atoms with van der Waals surface area (Å²) in [5.41, 5.74) is 1.39. The molecule has 5 rings (SSSR count). The van der Waals surface area contributed by atoms with Gasteiger partial charge in [0.2, 0.25) is 11.6 Å². The lowest BCUT2D eigenvalue weighted by molar-refractivity contribution is 0.0801. The monoisotopic (exact) mass is 421 g/mol. The number of fused-ring (bicyclic) bond motifs is 3. The van der Waals surface area contributed by atoms with Crippen LogP contribution in [0.1, 0.15) is 18.5 Å². The molecule has 2 fully saturated rings. The van der Waals surface area contributed by atoms with Gasteiger partial charge in [0.15, 0.2) is 6.61 Å². The fraction of sp³-hybridized carbons (Fsp3) is 0.556. The van der Waals surface area contributed by atoms with Gasteiger partial charge in [-0.15, -0.1) is 5.10 Å². The van der Waals surface area contributed by atoms with E-state index in [1.165, 1.54) is 15.7 Å². The first-order chi connectivity index (χ1) is 14.1. The molecule has 0 spiro atoms. The SMILES string of the molecule is Cc1cc(N2C[C@H]3CC[C@@H](C2)[C@@H]3Nc2nc3c(OCC(F)F)nccn3n2)sn1. The summed E-state index contributed by atoms with van der Waals surface area (Å²) >= 11 is 1.56. The van der Waals surface area contributed by atoms with E-state index in [1.54, 1.807) is 17.7 Å². The van der Waals surface area contributed by atoms with E-state index >= 15 is 0 Å². The Balaban J connectivity index is 1.32. The number of rotatable bonds is 6. The summed E-state index contributed by atoms with van der Waals surface area (Å²) in [6.45, 7) is 3.26. The van der Waals surface area contributed by atoms with E-state index in [2.05, 4.69) is 35.7 Å². The van der Waals surface area contributed by atoms with Crippen LogP contribution in [0.4, 0.5) is 19.7 Å². The zero-order chi connectivity index (χ0) is 20.0. The van der Waals surface area contributed by atoms with E-state index in [4.69, 9.17) is 4.74 Å². The number of ether oxygens (including phenoxy) is 1. The molecule has 2 bridgehead atoms. The third-order valence-electron chi connectivity index (χ3n) is 5.62. The molecular weight excluding hydrogens is 400 g/mol. The molecule has 3 aromatic heterocycles. The zero-order valence-corrected chi connectivity index (χ0v) is 16.6. The van der Waals surface area contributed by atoms with Crippen molar-refractivity contribution in [3.63, 3.8) is 0 Å². The quantitative estimate of drug-likeness (QED) is 0.656. The molecule has 1 aliphatic heterocycles. The highest BCUT2D eigenvalue weighted by Crippen LogP contribution is 2.40. The minimum atomic E-state index is -2.57. The van der Waals surface area contributed by atoms with Gasteiger partial charge in [0, 0.05) is 31.5 Å². The molecule has 3 aromatic rings. The summed E-state index contributed by atoms with van der Waals surface area (Å²) in [5.74, 6) is 1.53. The Labute approximate surface area is 170 Å². The van der Waals surface area contributed by atoms with Crippen molar-refractivity contribution in [1.82, 2.24) is 24.0 Å². The molecule has 0 unspecified atom stereocenters. The van der Waals surface area contributed by atoms with Crippen LogP contribution in [0.25, 0.3) is 5.65 Å². The molecule has 0 aromatic carbocycles. The first-order valence-electron chi connectivity index (χ1n) is 9.64. The van der Waals surface area contributed by atoms with Gasteiger partial charge in [0.25, 0.3) is 12.3 Å². The number of nitrogens with one attached hydrogen (secondary N) is 1. The standard InChI is InChI=1S/C18H21F2N7OS/c1-10-6-14(29-25-10)26-7-11-2-3-12(8-26)15(11)22-18-23-16-17(28-9-13(19)20)21-4-5-27(16)24-18/h4-6,11-13,15H,2-3,7-9H2,1H3,(H,22,24)/t11-,12+,15-. The van der Waals surface area contributed by atoms with E-state index in [0.29, 0.717) is 23.4 Å². The second-order valence-corrected chi connectivity index (χ2v) is 8.40. The van der Waals surface area contributed by atoms with Crippen LogP contribution in [0.5, 0.6) is 5.88 Å². The van der Waals surface area contributed by atoms with Crippen molar-refractivity contribution in [3.8, 4) is 5.88 Å². The van der Waals surface area contributed by atoms with Crippen LogP contribution in [-0.4, -0.2) is 56.1 Å². The van der Waals surface area contributed by atoms with Crippen molar-refractivity contribution in [2.45, 2.75) is 32.2 Å².